The number of sulfonamides is 1. The van der Waals surface area contributed by atoms with Crippen LogP contribution in [-0.4, -0.2) is 33.9 Å². The second-order valence-corrected chi connectivity index (χ2v) is 8.40. The Bertz CT molecular complexity index is 1040. The van der Waals surface area contributed by atoms with E-state index < -0.39 is 10.0 Å². The van der Waals surface area contributed by atoms with Gasteiger partial charge in [-0.1, -0.05) is 12.1 Å². The first kappa shape index (κ1) is 16.2. The molecule has 25 heavy (non-hydrogen) atoms. The predicted molar refractivity (Wildman–Crippen MR) is 94.8 cm³/mol. The van der Waals surface area contributed by atoms with Gasteiger partial charge in [0, 0.05) is 12.7 Å². The predicted octanol–water partition coefficient (Wildman–Crippen LogP) is 2.87. The van der Waals surface area contributed by atoms with Crippen LogP contribution in [0.25, 0.3) is 5.65 Å². The maximum Gasteiger partial charge on any atom is 0.243 e. The SMILES string of the molecule is Cc1ccc(S(=O)(=O)N2CCCC2c2nnc3ccccn23)cc1C. The van der Waals surface area contributed by atoms with E-state index in [1.807, 2.05) is 48.7 Å². The van der Waals surface area contributed by atoms with E-state index in [-0.39, 0.29) is 6.04 Å². The number of hydrogen-bond donors (Lipinski definition) is 0. The van der Waals surface area contributed by atoms with Gasteiger partial charge < -0.3 is 0 Å². The van der Waals surface area contributed by atoms with Gasteiger partial charge in [-0.3, -0.25) is 4.40 Å². The summed E-state index contributed by atoms with van der Waals surface area (Å²) < 4.78 is 29.9. The Balaban J connectivity index is 1.77. The van der Waals surface area contributed by atoms with E-state index in [1.54, 1.807) is 16.4 Å². The van der Waals surface area contributed by atoms with Crippen molar-refractivity contribution in [2.75, 3.05) is 6.54 Å². The van der Waals surface area contributed by atoms with E-state index in [4.69, 9.17) is 0 Å². The highest BCUT2D eigenvalue weighted by molar-refractivity contribution is 7.89. The Morgan fingerprint density at radius 2 is 1.92 bits per heavy atom. The first-order chi connectivity index (χ1) is 12.0. The van der Waals surface area contributed by atoms with Gasteiger partial charge in [-0.05, 0) is 62.1 Å². The van der Waals surface area contributed by atoms with Gasteiger partial charge in [0.25, 0.3) is 0 Å². The number of aryl methyl sites for hydroxylation is 2. The van der Waals surface area contributed by atoms with Crippen LogP contribution in [-0.2, 0) is 10.0 Å². The summed E-state index contributed by atoms with van der Waals surface area (Å²) in [6, 6.07) is 10.7. The molecule has 6 nitrogen and oxygen atoms in total. The fraction of sp³-hybridized carbons (Fsp3) is 0.333. The zero-order valence-electron chi connectivity index (χ0n) is 14.3. The zero-order chi connectivity index (χ0) is 17.6. The molecule has 1 unspecified atom stereocenters. The number of hydrogen-bond acceptors (Lipinski definition) is 4. The molecule has 7 heteroatoms. The summed E-state index contributed by atoms with van der Waals surface area (Å²) in [6.45, 7) is 4.41. The summed E-state index contributed by atoms with van der Waals surface area (Å²) in [4.78, 5) is 0.344. The summed E-state index contributed by atoms with van der Waals surface area (Å²) >= 11 is 0. The van der Waals surface area contributed by atoms with E-state index in [9.17, 15) is 8.42 Å². The number of pyridine rings is 1. The fourth-order valence-electron chi connectivity index (χ4n) is 3.38. The third-order valence-electron chi connectivity index (χ3n) is 4.93. The molecule has 1 atom stereocenters. The lowest BCUT2D eigenvalue weighted by Gasteiger charge is -2.23. The smallest absolute Gasteiger partial charge is 0.243 e. The Morgan fingerprint density at radius 1 is 1.08 bits per heavy atom. The van der Waals surface area contributed by atoms with Crippen LogP contribution in [0.3, 0.4) is 0 Å². The van der Waals surface area contributed by atoms with Gasteiger partial charge in [0.2, 0.25) is 10.0 Å². The van der Waals surface area contributed by atoms with Crippen molar-refractivity contribution in [1.82, 2.24) is 18.9 Å². The minimum absolute atomic E-state index is 0.288. The molecular formula is C18H20N4O2S. The van der Waals surface area contributed by atoms with Gasteiger partial charge >= 0.3 is 0 Å². The van der Waals surface area contributed by atoms with Crippen LogP contribution in [0.5, 0.6) is 0 Å². The monoisotopic (exact) mass is 356 g/mol. The van der Waals surface area contributed by atoms with Crippen molar-refractivity contribution in [3.8, 4) is 0 Å². The molecule has 130 valence electrons. The lowest BCUT2D eigenvalue weighted by Crippen LogP contribution is -2.31. The molecule has 4 rings (SSSR count). The topological polar surface area (TPSA) is 67.6 Å². The molecule has 0 amide bonds. The molecule has 1 saturated heterocycles. The molecule has 0 spiro atoms. The normalized spacial score (nSPS) is 18.9. The number of rotatable bonds is 3. The lowest BCUT2D eigenvalue weighted by molar-refractivity contribution is 0.381. The number of fused-ring (bicyclic) bond motifs is 1. The van der Waals surface area contributed by atoms with Gasteiger partial charge in [-0.25, -0.2) is 8.42 Å². The van der Waals surface area contributed by atoms with Gasteiger partial charge in [0.1, 0.15) is 0 Å². The summed E-state index contributed by atoms with van der Waals surface area (Å²) in [5.41, 5.74) is 2.79. The molecule has 0 radical (unpaired) electrons. The average molecular weight is 356 g/mol. The van der Waals surface area contributed by atoms with E-state index in [0.29, 0.717) is 17.3 Å². The van der Waals surface area contributed by atoms with Crippen molar-refractivity contribution in [1.29, 1.82) is 0 Å². The number of nitrogens with zero attached hydrogens (tertiary/aromatic N) is 4. The van der Waals surface area contributed by atoms with E-state index in [2.05, 4.69) is 10.2 Å². The second-order valence-electron chi connectivity index (χ2n) is 6.51. The van der Waals surface area contributed by atoms with Crippen molar-refractivity contribution in [2.24, 2.45) is 0 Å². The molecule has 0 aliphatic carbocycles. The Labute approximate surface area is 147 Å². The average Bonchev–Trinajstić information content (AvgIpc) is 3.23. The van der Waals surface area contributed by atoms with Crippen LogP contribution in [0.1, 0.15) is 35.8 Å². The largest absolute Gasteiger partial charge is 0.285 e. The van der Waals surface area contributed by atoms with Gasteiger partial charge in [-0.2, -0.15) is 4.31 Å². The molecule has 1 aromatic carbocycles. The molecule has 1 aliphatic rings. The minimum atomic E-state index is -3.57. The van der Waals surface area contributed by atoms with Crippen LogP contribution in [0.15, 0.2) is 47.5 Å². The Morgan fingerprint density at radius 3 is 2.72 bits per heavy atom. The van der Waals surface area contributed by atoms with E-state index in [0.717, 1.165) is 29.6 Å². The third-order valence-corrected chi connectivity index (χ3v) is 6.83. The molecule has 1 aliphatic heterocycles. The second kappa shape index (κ2) is 5.93. The molecule has 3 heterocycles. The molecular weight excluding hydrogens is 336 g/mol. The quantitative estimate of drug-likeness (QED) is 0.724. The van der Waals surface area contributed by atoms with Crippen LogP contribution >= 0.6 is 0 Å². The lowest BCUT2D eigenvalue weighted by atomic mass is 10.1. The molecule has 0 bridgehead atoms. The molecule has 0 N–H and O–H groups in total. The standard InChI is InChI=1S/C18H20N4O2S/c1-13-8-9-15(12-14(13)2)25(23,24)22-11-5-6-16(22)18-20-19-17-7-3-4-10-21(17)18/h3-4,7-10,12,16H,5-6,11H2,1-2H3. The number of aromatic nitrogens is 3. The molecule has 3 aromatic rings. The first-order valence-electron chi connectivity index (χ1n) is 8.37. The Kier molecular flexibility index (Phi) is 3.85. The number of benzene rings is 1. The van der Waals surface area contributed by atoms with E-state index in [1.165, 1.54) is 0 Å². The van der Waals surface area contributed by atoms with Gasteiger partial charge in [-0.15, -0.1) is 10.2 Å². The molecule has 0 saturated carbocycles. The van der Waals surface area contributed by atoms with Crippen LogP contribution in [0.2, 0.25) is 0 Å². The van der Waals surface area contributed by atoms with Crippen molar-refractivity contribution in [3.63, 3.8) is 0 Å². The summed E-state index contributed by atoms with van der Waals surface area (Å²) in [7, 11) is -3.57. The van der Waals surface area contributed by atoms with Crippen molar-refractivity contribution in [3.05, 3.63) is 59.5 Å². The first-order valence-corrected chi connectivity index (χ1v) is 9.81. The van der Waals surface area contributed by atoms with Crippen molar-refractivity contribution < 1.29 is 8.42 Å². The highest BCUT2D eigenvalue weighted by Crippen LogP contribution is 2.36. The van der Waals surface area contributed by atoms with E-state index >= 15 is 0 Å². The third kappa shape index (κ3) is 2.63. The highest BCUT2D eigenvalue weighted by Gasteiger charge is 2.38. The minimum Gasteiger partial charge on any atom is -0.285 e. The van der Waals surface area contributed by atoms with Gasteiger partial charge in [0.15, 0.2) is 11.5 Å². The summed E-state index contributed by atoms with van der Waals surface area (Å²) in [5, 5.41) is 8.44. The summed E-state index contributed by atoms with van der Waals surface area (Å²) in [6.07, 6.45) is 3.44. The highest BCUT2D eigenvalue weighted by atomic mass is 32.2. The van der Waals surface area contributed by atoms with Crippen molar-refractivity contribution >= 4 is 15.7 Å². The van der Waals surface area contributed by atoms with Crippen LogP contribution in [0.4, 0.5) is 0 Å². The van der Waals surface area contributed by atoms with Gasteiger partial charge in [0.05, 0.1) is 10.9 Å². The molecule has 2 aromatic heterocycles. The molecule has 1 fully saturated rings. The Hall–Kier alpha value is -2.25. The fourth-order valence-corrected chi connectivity index (χ4v) is 5.12. The van der Waals surface area contributed by atoms with Crippen LogP contribution in [0, 0.1) is 13.8 Å². The van der Waals surface area contributed by atoms with Crippen molar-refractivity contribution in [2.45, 2.75) is 37.6 Å². The van der Waals surface area contributed by atoms with Crippen LogP contribution < -0.4 is 0 Å². The summed E-state index contributed by atoms with van der Waals surface area (Å²) in [5.74, 6) is 0.681. The maximum atomic E-state index is 13.2. The maximum absolute atomic E-state index is 13.2. The zero-order valence-corrected chi connectivity index (χ0v) is 15.1.